The van der Waals surface area contributed by atoms with E-state index in [0.717, 1.165) is 10.6 Å². The molecule has 0 fully saturated rings. The van der Waals surface area contributed by atoms with Gasteiger partial charge in [0, 0.05) is 5.02 Å². The molecule has 0 spiro atoms. The van der Waals surface area contributed by atoms with Crippen molar-refractivity contribution in [1.29, 1.82) is 0 Å². The summed E-state index contributed by atoms with van der Waals surface area (Å²) in [5.41, 5.74) is 3.46. The standard InChI is InChI=1S/C10H11ClN4OS/c11-8-3-1-2-7(4-8)5-16-6-9-14-15-10(13-12)17-9/h1-4H,5-6,12H2,(H,13,15). The summed E-state index contributed by atoms with van der Waals surface area (Å²) in [6.07, 6.45) is 0. The predicted molar refractivity (Wildman–Crippen MR) is 67.7 cm³/mol. The number of nitrogens with two attached hydrogens (primary N) is 1. The zero-order chi connectivity index (χ0) is 12.1. The Kier molecular flexibility index (Phi) is 4.27. The molecule has 0 bridgehead atoms. The summed E-state index contributed by atoms with van der Waals surface area (Å²) in [5.74, 6) is 5.20. The molecule has 1 aromatic carbocycles. The van der Waals surface area contributed by atoms with Gasteiger partial charge < -0.3 is 4.74 Å². The zero-order valence-corrected chi connectivity index (χ0v) is 10.5. The molecule has 7 heteroatoms. The maximum Gasteiger partial charge on any atom is 0.219 e. The highest BCUT2D eigenvalue weighted by Gasteiger charge is 2.02. The number of nitrogen functional groups attached to an aromatic ring is 1. The Morgan fingerprint density at radius 2 is 2.24 bits per heavy atom. The third-order valence-corrected chi connectivity index (χ3v) is 3.04. The van der Waals surface area contributed by atoms with E-state index in [1.807, 2.05) is 24.3 Å². The number of rotatable bonds is 5. The fourth-order valence-electron chi connectivity index (χ4n) is 1.25. The molecule has 0 amide bonds. The molecule has 0 radical (unpaired) electrons. The molecule has 0 aliphatic heterocycles. The van der Waals surface area contributed by atoms with Crippen molar-refractivity contribution in [2.24, 2.45) is 5.84 Å². The van der Waals surface area contributed by atoms with Gasteiger partial charge in [0.1, 0.15) is 11.6 Å². The van der Waals surface area contributed by atoms with Crippen molar-refractivity contribution in [2.45, 2.75) is 13.2 Å². The van der Waals surface area contributed by atoms with E-state index in [1.165, 1.54) is 11.3 Å². The van der Waals surface area contributed by atoms with Crippen LogP contribution in [0, 0.1) is 0 Å². The summed E-state index contributed by atoms with van der Waals surface area (Å²) in [7, 11) is 0. The Morgan fingerprint density at radius 1 is 1.35 bits per heavy atom. The van der Waals surface area contributed by atoms with Gasteiger partial charge in [-0.3, -0.25) is 5.43 Å². The first-order valence-corrected chi connectivity index (χ1v) is 6.08. The molecule has 17 heavy (non-hydrogen) atoms. The van der Waals surface area contributed by atoms with Crippen molar-refractivity contribution < 1.29 is 4.74 Å². The number of halogens is 1. The van der Waals surface area contributed by atoms with Crippen LogP contribution in [0.5, 0.6) is 0 Å². The predicted octanol–water partition coefficient (Wildman–Crippen LogP) is 2.19. The number of hydrazine groups is 1. The van der Waals surface area contributed by atoms with E-state index in [4.69, 9.17) is 22.2 Å². The highest BCUT2D eigenvalue weighted by atomic mass is 35.5. The van der Waals surface area contributed by atoms with Crippen LogP contribution in [0.2, 0.25) is 5.02 Å². The molecule has 1 aromatic heterocycles. The average Bonchev–Trinajstić information content (AvgIpc) is 2.77. The SMILES string of the molecule is NNc1nnc(COCc2cccc(Cl)c2)s1. The van der Waals surface area contributed by atoms with Crippen LogP contribution in [-0.4, -0.2) is 10.2 Å². The minimum atomic E-state index is 0.409. The molecule has 2 rings (SSSR count). The largest absolute Gasteiger partial charge is 0.370 e. The van der Waals surface area contributed by atoms with Crippen molar-refractivity contribution in [3.63, 3.8) is 0 Å². The van der Waals surface area contributed by atoms with Crippen molar-refractivity contribution in [3.8, 4) is 0 Å². The summed E-state index contributed by atoms with van der Waals surface area (Å²) in [6, 6.07) is 7.55. The third kappa shape index (κ3) is 3.64. The lowest BCUT2D eigenvalue weighted by molar-refractivity contribution is 0.106. The zero-order valence-electron chi connectivity index (χ0n) is 8.89. The number of hydrogen-bond acceptors (Lipinski definition) is 6. The Hall–Kier alpha value is -1.21. The molecule has 0 aliphatic carbocycles. The number of anilines is 1. The number of aromatic nitrogens is 2. The molecule has 0 atom stereocenters. The number of benzene rings is 1. The molecular formula is C10H11ClN4OS. The van der Waals surface area contributed by atoms with E-state index >= 15 is 0 Å². The molecule has 0 saturated carbocycles. The van der Waals surface area contributed by atoms with E-state index < -0.39 is 0 Å². The number of nitrogens with zero attached hydrogens (tertiary/aromatic N) is 2. The number of hydrogen-bond donors (Lipinski definition) is 2. The van der Waals surface area contributed by atoms with Gasteiger partial charge >= 0.3 is 0 Å². The molecule has 1 heterocycles. The van der Waals surface area contributed by atoms with Gasteiger partial charge in [-0.05, 0) is 17.7 Å². The lowest BCUT2D eigenvalue weighted by Gasteiger charge is -2.02. The third-order valence-electron chi connectivity index (χ3n) is 1.97. The van der Waals surface area contributed by atoms with Crippen LogP contribution < -0.4 is 11.3 Å². The van der Waals surface area contributed by atoms with Gasteiger partial charge in [-0.25, -0.2) is 5.84 Å². The first-order chi connectivity index (χ1) is 8.28. The van der Waals surface area contributed by atoms with Gasteiger partial charge in [-0.15, -0.1) is 10.2 Å². The van der Waals surface area contributed by atoms with E-state index in [9.17, 15) is 0 Å². The second-order valence-electron chi connectivity index (χ2n) is 3.27. The Labute approximate surface area is 108 Å². The summed E-state index contributed by atoms with van der Waals surface area (Å²) in [4.78, 5) is 0. The summed E-state index contributed by atoms with van der Waals surface area (Å²) in [5, 5.41) is 9.77. The normalized spacial score (nSPS) is 10.5. The van der Waals surface area contributed by atoms with Gasteiger partial charge in [-0.2, -0.15) is 0 Å². The van der Waals surface area contributed by atoms with E-state index in [2.05, 4.69) is 15.6 Å². The fraction of sp³-hybridized carbons (Fsp3) is 0.200. The molecule has 90 valence electrons. The van der Waals surface area contributed by atoms with Crippen LogP contribution in [0.4, 0.5) is 5.13 Å². The Balaban J connectivity index is 1.83. The highest BCUT2D eigenvalue weighted by Crippen LogP contribution is 2.16. The molecular weight excluding hydrogens is 260 g/mol. The minimum Gasteiger partial charge on any atom is -0.370 e. The van der Waals surface area contributed by atoms with Crippen LogP contribution in [0.3, 0.4) is 0 Å². The van der Waals surface area contributed by atoms with Crippen LogP contribution in [-0.2, 0) is 18.0 Å². The Bertz CT molecular complexity index is 491. The van der Waals surface area contributed by atoms with E-state index in [1.54, 1.807) is 0 Å². The van der Waals surface area contributed by atoms with Gasteiger partial charge in [0.05, 0.1) is 6.61 Å². The van der Waals surface area contributed by atoms with E-state index in [-0.39, 0.29) is 0 Å². The summed E-state index contributed by atoms with van der Waals surface area (Å²) < 4.78 is 5.50. The van der Waals surface area contributed by atoms with Crippen LogP contribution in [0.25, 0.3) is 0 Å². The molecule has 0 unspecified atom stereocenters. The molecule has 5 nitrogen and oxygen atoms in total. The van der Waals surface area contributed by atoms with Gasteiger partial charge in [0.2, 0.25) is 5.13 Å². The van der Waals surface area contributed by atoms with Gasteiger partial charge in [-0.1, -0.05) is 35.1 Å². The highest BCUT2D eigenvalue weighted by molar-refractivity contribution is 7.15. The van der Waals surface area contributed by atoms with Gasteiger partial charge in [0.15, 0.2) is 0 Å². The van der Waals surface area contributed by atoms with Crippen molar-refractivity contribution in [3.05, 3.63) is 39.9 Å². The maximum atomic E-state index is 5.86. The van der Waals surface area contributed by atoms with E-state index in [0.29, 0.717) is 23.4 Å². The minimum absolute atomic E-state index is 0.409. The fourth-order valence-corrected chi connectivity index (χ4v) is 2.05. The molecule has 0 aliphatic rings. The average molecular weight is 271 g/mol. The van der Waals surface area contributed by atoms with Crippen molar-refractivity contribution in [1.82, 2.24) is 10.2 Å². The molecule has 0 saturated heterocycles. The van der Waals surface area contributed by atoms with Gasteiger partial charge in [0.25, 0.3) is 0 Å². The topological polar surface area (TPSA) is 73.1 Å². The number of nitrogens with one attached hydrogen (secondary N) is 1. The second-order valence-corrected chi connectivity index (χ2v) is 4.77. The van der Waals surface area contributed by atoms with Crippen LogP contribution in [0.15, 0.2) is 24.3 Å². The van der Waals surface area contributed by atoms with Crippen LogP contribution >= 0.6 is 22.9 Å². The Morgan fingerprint density at radius 3 is 2.94 bits per heavy atom. The summed E-state index contributed by atoms with van der Waals surface area (Å²) in [6.45, 7) is 0.900. The lowest BCUT2D eigenvalue weighted by atomic mass is 10.2. The second kappa shape index (κ2) is 5.92. The smallest absolute Gasteiger partial charge is 0.219 e. The first-order valence-electron chi connectivity index (χ1n) is 4.89. The molecule has 2 aromatic rings. The lowest BCUT2D eigenvalue weighted by Crippen LogP contribution is -2.05. The van der Waals surface area contributed by atoms with Crippen molar-refractivity contribution in [2.75, 3.05) is 5.43 Å². The first kappa shape index (κ1) is 12.3. The van der Waals surface area contributed by atoms with Crippen molar-refractivity contribution >= 4 is 28.1 Å². The summed E-state index contributed by atoms with van der Waals surface area (Å²) >= 11 is 7.23. The maximum absolute atomic E-state index is 5.86. The number of ether oxygens (including phenoxy) is 1. The quantitative estimate of drug-likeness (QED) is 0.644. The molecule has 3 N–H and O–H groups in total. The monoisotopic (exact) mass is 270 g/mol. The van der Waals surface area contributed by atoms with Crippen LogP contribution in [0.1, 0.15) is 10.6 Å².